The zero-order valence-corrected chi connectivity index (χ0v) is 32.5. The first-order chi connectivity index (χ1) is 22.1. The van der Waals surface area contributed by atoms with Crippen LogP contribution >= 0.6 is 0 Å². The standard InChI is InChI=1S/C25H42.C12H19N.C6H12.C2H6/c1-6-7-15-25-17-14-20(3)24(5)16-13-19(2)18-23(24)10-8-9-22(25)12-11-21(25)4;1-5-12(13-4)11-8-6-7-9(2)10(11)3;1-2-4-6-5-3-1;1-2/h6,20-23H,1-2,7-18H2,3-5H3;6-8,12-13H,5H2,1-4H3;1-6H2;1-2H3. The van der Waals surface area contributed by atoms with Crippen LogP contribution in [0.3, 0.4) is 0 Å². The molecule has 46 heavy (non-hydrogen) atoms. The third-order valence-electron chi connectivity index (χ3n) is 13.6. The molecule has 0 aliphatic heterocycles. The molecule has 1 aromatic carbocycles. The van der Waals surface area contributed by atoms with E-state index in [1.54, 1.807) is 0 Å². The van der Waals surface area contributed by atoms with E-state index in [4.69, 9.17) is 0 Å². The Kier molecular flexibility index (Phi) is 18.6. The van der Waals surface area contributed by atoms with Gasteiger partial charge >= 0.3 is 0 Å². The van der Waals surface area contributed by atoms with Crippen LogP contribution in [0.25, 0.3) is 0 Å². The summed E-state index contributed by atoms with van der Waals surface area (Å²) in [6.45, 7) is 26.7. The van der Waals surface area contributed by atoms with Crippen LogP contribution in [0, 0.1) is 48.3 Å². The van der Waals surface area contributed by atoms with Gasteiger partial charge in [-0.15, -0.1) is 6.58 Å². The molecule has 0 bridgehead atoms. The lowest BCUT2D eigenvalue weighted by Crippen LogP contribution is -2.40. The smallest absolute Gasteiger partial charge is 0.0317 e. The van der Waals surface area contributed by atoms with Gasteiger partial charge < -0.3 is 5.32 Å². The Balaban J connectivity index is 0.000000290. The normalized spacial score (nSPS) is 31.6. The SMILES string of the molecule is C1CCCCC1.C=CCCC12CCC(C)C3(C)CCC(=C)CC3CCCC1CCC2C.CC.CCC(NC)c1cccc(C)c1C. The maximum Gasteiger partial charge on any atom is 0.0317 e. The van der Waals surface area contributed by atoms with Gasteiger partial charge in [-0.2, -0.15) is 0 Å². The summed E-state index contributed by atoms with van der Waals surface area (Å²) in [7, 11) is 2.02. The molecule has 0 heterocycles. The van der Waals surface area contributed by atoms with Gasteiger partial charge in [-0.3, -0.25) is 0 Å². The second-order valence-electron chi connectivity index (χ2n) is 15.9. The molecule has 1 N–H and O–H groups in total. The second kappa shape index (κ2) is 20.9. The summed E-state index contributed by atoms with van der Waals surface area (Å²) in [5.41, 5.74) is 6.93. The number of nitrogens with one attached hydrogen (secondary N) is 1. The van der Waals surface area contributed by atoms with E-state index in [9.17, 15) is 0 Å². The Morgan fingerprint density at radius 1 is 0.870 bits per heavy atom. The molecule has 4 saturated carbocycles. The predicted molar refractivity (Wildman–Crippen MR) is 208 cm³/mol. The van der Waals surface area contributed by atoms with E-state index in [2.05, 4.69) is 84.3 Å². The van der Waals surface area contributed by atoms with Gasteiger partial charge in [-0.05, 0) is 149 Å². The van der Waals surface area contributed by atoms with Gasteiger partial charge in [0.05, 0.1) is 0 Å². The first-order valence-electron chi connectivity index (χ1n) is 20.1. The molecule has 0 radical (unpaired) electrons. The number of benzene rings is 1. The monoisotopic (exact) mass is 634 g/mol. The Labute approximate surface area is 289 Å². The first kappa shape index (κ1) is 40.8. The minimum absolute atomic E-state index is 0.500. The predicted octanol–water partition coefficient (Wildman–Crippen LogP) is 14.3. The van der Waals surface area contributed by atoms with E-state index >= 15 is 0 Å². The van der Waals surface area contributed by atoms with Crippen molar-refractivity contribution in [1.82, 2.24) is 5.32 Å². The van der Waals surface area contributed by atoms with Crippen molar-refractivity contribution in [1.29, 1.82) is 0 Å². The largest absolute Gasteiger partial charge is 0.313 e. The van der Waals surface area contributed by atoms with Crippen molar-refractivity contribution >= 4 is 0 Å². The number of hydrogen-bond donors (Lipinski definition) is 1. The van der Waals surface area contributed by atoms with Crippen molar-refractivity contribution in [3.63, 3.8) is 0 Å². The van der Waals surface area contributed by atoms with Crippen LogP contribution in [0.5, 0.6) is 0 Å². The van der Waals surface area contributed by atoms with E-state index in [-0.39, 0.29) is 0 Å². The molecule has 0 spiro atoms. The van der Waals surface area contributed by atoms with E-state index in [1.807, 2.05) is 20.9 Å². The van der Waals surface area contributed by atoms with Gasteiger partial charge in [-0.25, -0.2) is 0 Å². The Morgan fingerprint density at radius 2 is 1.50 bits per heavy atom. The molecule has 5 rings (SSSR count). The molecule has 7 atom stereocenters. The molecule has 1 heteroatoms. The van der Waals surface area contributed by atoms with Crippen molar-refractivity contribution < 1.29 is 0 Å². The number of fused-ring (bicyclic) bond motifs is 2. The molecule has 0 amide bonds. The highest BCUT2D eigenvalue weighted by atomic mass is 14.9. The van der Waals surface area contributed by atoms with Crippen molar-refractivity contribution in [3.8, 4) is 0 Å². The highest BCUT2D eigenvalue weighted by Crippen LogP contribution is 2.59. The molecule has 7 unspecified atom stereocenters. The van der Waals surface area contributed by atoms with E-state index in [0.717, 1.165) is 30.1 Å². The lowest BCUT2D eigenvalue weighted by molar-refractivity contribution is 0.0191. The number of allylic oxidation sites excluding steroid dienone is 2. The quantitative estimate of drug-likeness (QED) is 0.307. The molecule has 1 nitrogen and oxygen atoms in total. The van der Waals surface area contributed by atoms with Gasteiger partial charge in [0.1, 0.15) is 0 Å². The zero-order chi connectivity index (χ0) is 34.2. The molecule has 4 aliphatic carbocycles. The maximum absolute atomic E-state index is 4.36. The Hall–Kier alpha value is -1.34. The lowest BCUT2D eigenvalue weighted by atomic mass is 9.55. The number of rotatable bonds is 6. The van der Waals surface area contributed by atoms with Crippen LogP contribution in [-0.4, -0.2) is 7.05 Å². The first-order valence-corrected chi connectivity index (χ1v) is 20.1. The fourth-order valence-corrected chi connectivity index (χ4v) is 9.89. The molecule has 1 aromatic rings. The van der Waals surface area contributed by atoms with Gasteiger partial charge in [0, 0.05) is 6.04 Å². The fraction of sp³-hybridized carbons (Fsp3) is 0.778. The summed E-state index contributed by atoms with van der Waals surface area (Å²) in [4.78, 5) is 0. The van der Waals surface area contributed by atoms with Gasteiger partial charge in [0.15, 0.2) is 0 Å². The third kappa shape index (κ3) is 10.8. The van der Waals surface area contributed by atoms with E-state index in [1.165, 1.54) is 138 Å². The molecule has 4 aliphatic rings. The average Bonchev–Trinajstić information content (AvgIpc) is 3.39. The van der Waals surface area contributed by atoms with Crippen molar-refractivity contribution in [2.24, 2.45) is 34.5 Å². The highest BCUT2D eigenvalue weighted by Gasteiger charge is 2.49. The summed E-state index contributed by atoms with van der Waals surface area (Å²) >= 11 is 0. The fourth-order valence-electron chi connectivity index (χ4n) is 9.89. The summed E-state index contributed by atoms with van der Waals surface area (Å²) in [5, 5.41) is 3.34. The topological polar surface area (TPSA) is 12.0 Å². The minimum Gasteiger partial charge on any atom is -0.313 e. The van der Waals surface area contributed by atoms with E-state index in [0.29, 0.717) is 16.9 Å². The average molecular weight is 634 g/mol. The van der Waals surface area contributed by atoms with Crippen molar-refractivity contribution in [2.45, 2.75) is 183 Å². The zero-order valence-electron chi connectivity index (χ0n) is 32.5. The van der Waals surface area contributed by atoms with Crippen molar-refractivity contribution in [3.05, 3.63) is 59.7 Å². The summed E-state index contributed by atoms with van der Waals surface area (Å²) < 4.78 is 0. The van der Waals surface area contributed by atoms with Gasteiger partial charge in [0.25, 0.3) is 0 Å². The summed E-state index contributed by atoms with van der Waals surface area (Å²) in [5.74, 6) is 3.64. The van der Waals surface area contributed by atoms with E-state index < -0.39 is 0 Å². The number of aryl methyl sites for hydroxylation is 1. The van der Waals surface area contributed by atoms with Crippen LogP contribution in [0.1, 0.15) is 186 Å². The van der Waals surface area contributed by atoms with Crippen molar-refractivity contribution in [2.75, 3.05) is 7.05 Å². The van der Waals surface area contributed by atoms with Crippen LogP contribution in [0.15, 0.2) is 43.0 Å². The molecule has 4 fully saturated rings. The van der Waals surface area contributed by atoms with Crippen LogP contribution in [0.4, 0.5) is 0 Å². The molecule has 264 valence electrons. The Bertz CT molecular complexity index is 987. The Morgan fingerprint density at radius 3 is 2.09 bits per heavy atom. The second-order valence-corrected chi connectivity index (χ2v) is 15.9. The van der Waals surface area contributed by atoms with Crippen LogP contribution < -0.4 is 5.32 Å². The van der Waals surface area contributed by atoms with Crippen LogP contribution in [-0.2, 0) is 0 Å². The molecular weight excluding hydrogens is 555 g/mol. The number of hydrogen-bond acceptors (Lipinski definition) is 1. The van der Waals surface area contributed by atoms with Gasteiger partial charge in [0.2, 0.25) is 0 Å². The summed E-state index contributed by atoms with van der Waals surface area (Å²) in [6, 6.07) is 7.02. The van der Waals surface area contributed by atoms with Gasteiger partial charge in [-0.1, -0.05) is 123 Å². The molecular formula is C45H79N. The summed E-state index contributed by atoms with van der Waals surface area (Å²) in [6.07, 6.45) is 29.1. The highest BCUT2D eigenvalue weighted by molar-refractivity contribution is 5.35. The molecule has 0 saturated heterocycles. The minimum atomic E-state index is 0.500. The maximum atomic E-state index is 4.36. The lowest BCUT2D eigenvalue weighted by Gasteiger charge is -2.50. The van der Waals surface area contributed by atoms with Crippen LogP contribution in [0.2, 0.25) is 0 Å². The third-order valence-corrected chi connectivity index (χ3v) is 13.6. The molecule has 0 aromatic heterocycles.